The first-order valence-electron chi connectivity index (χ1n) is 6.16. The molecule has 1 unspecified atom stereocenters. The van der Waals surface area contributed by atoms with Crippen LogP contribution in [-0.2, 0) is 16.0 Å². The summed E-state index contributed by atoms with van der Waals surface area (Å²) in [6, 6.07) is 9.73. The van der Waals surface area contributed by atoms with Gasteiger partial charge in [-0.05, 0) is 18.4 Å². The minimum absolute atomic E-state index is 0.0119. The topological polar surface area (TPSA) is 55.4 Å². The Bertz CT molecular complexity index is 390. The Morgan fingerprint density at radius 1 is 1.32 bits per heavy atom. The lowest BCUT2D eigenvalue weighted by Crippen LogP contribution is -2.37. The maximum absolute atomic E-state index is 11.4. The quantitative estimate of drug-likeness (QED) is 0.754. The van der Waals surface area contributed by atoms with E-state index in [1.54, 1.807) is 0 Å². The second-order valence-corrected chi connectivity index (χ2v) is 4.57. The number of rotatable bonds is 7. The van der Waals surface area contributed by atoms with Gasteiger partial charge in [0.1, 0.15) is 5.78 Å². The summed E-state index contributed by atoms with van der Waals surface area (Å²) in [7, 11) is 1.31. The fourth-order valence-corrected chi connectivity index (χ4v) is 1.90. The zero-order chi connectivity index (χ0) is 14.1. The number of thiol groups is 1. The van der Waals surface area contributed by atoms with Crippen molar-refractivity contribution >= 4 is 24.5 Å². The van der Waals surface area contributed by atoms with Gasteiger partial charge < -0.3 is 10.1 Å². The van der Waals surface area contributed by atoms with E-state index in [0.717, 1.165) is 6.42 Å². The van der Waals surface area contributed by atoms with Gasteiger partial charge >= 0.3 is 6.09 Å². The van der Waals surface area contributed by atoms with Gasteiger partial charge in [0.2, 0.25) is 0 Å². The number of nitrogens with one attached hydrogen (secondary N) is 1. The highest BCUT2D eigenvalue weighted by molar-refractivity contribution is 7.81. The predicted molar refractivity (Wildman–Crippen MR) is 77.6 cm³/mol. The van der Waals surface area contributed by atoms with Crippen LogP contribution in [0.1, 0.15) is 18.4 Å². The summed E-state index contributed by atoms with van der Waals surface area (Å²) in [4.78, 5) is 22.7. The standard InChI is InChI=1S/C14H19NO3S/c1-18-14(17)15-12(9-13(16)10-19)8-7-11-5-3-2-4-6-11/h2-6,12,19H,7-10H2,1H3,(H,15,17). The molecule has 0 heterocycles. The van der Waals surface area contributed by atoms with Crippen LogP contribution in [0.3, 0.4) is 0 Å². The van der Waals surface area contributed by atoms with Gasteiger partial charge in [-0.3, -0.25) is 4.79 Å². The average Bonchev–Trinajstić information content (AvgIpc) is 2.45. The fraction of sp³-hybridized carbons (Fsp3) is 0.429. The number of Topliss-reactive ketones (excluding diaryl/α,β-unsaturated/α-hetero) is 1. The largest absolute Gasteiger partial charge is 0.453 e. The Kier molecular flexibility index (Phi) is 7.03. The number of aryl methyl sites for hydroxylation is 1. The van der Waals surface area contributed by atoms with Crippen LogP contribution in [0.4, 0.5) is 4.79 Å². The molecule has 1 N–H and O–H groups in total. The van der Waals surface area contributed by atoms with Crippen molar-refractivity contribution in [2.24, 2.45) is 0 Å². The molecule has 0 aliphatic carbocycles. The molecule has 5 heteroatoms. The van der Waals surface area contributed by atoms with Crippen LogP contribution in [0.15, 0.2) is 30.3 Å². The van der Waals surface area contributed by atoms with Crippen LogP contribution in [-0.4, -0.2) is 30.8 Å². The number of ether oxygens (including phenoxy) is 1. The molecule has 0 aliphatic heterocycles. The van der Waals surface area contributed by atoms with E-state index in [0.29, 0.717) is 6.42 Å². The van der Waals surface area contributed by atoms with Gasteiger partial charge in [-0.2, -0.15) is 12.6 Å². The Morgan fingerprint density at radius 3 is 2.58 bits per heavy atom. The molecule has 0 saturated carbocycles. The molecule has 104 valence electrons. The molecule has 1 rings (SSSR count). The predicted octanol–water partition coefficient (Wildman–Crippen LogP) is 2.23. The maximum Gasteiger partial charge on any atom is 0.407 e. The number of amides is 1. The molecule has 1 aromatic rings. The summed E-state index contributed by atoms with van der Waals surface area (Å²) in [6.07, 6.45) is 1.27. The van der Waals surface area contributed by atoms with Crippen LogP contribution < -0.4 is 5.32 Å². The third kappa shape index (κ3) is 6.29. The van der Waals surface area contributed by atoms with Crippen molar-refractivity contribution < 1.29 is 14.3 Å². The van der Waals surface area contributed by atoms with Crippen molar-refractivity contribution in [2.45, 2.75) is 25.3 Å². The van der Waals surface area contributed by atoms with Gasteiger partial charge in [-0.1, -0.05) is 30.3 Å². The number of ketones is 1. The summed E-state index contributed by atoms with van der Waals surface area (Å²) in [6.45, 7) is 0. The third-order valence-electron chi connectivity index (χ3n) is 2.78. The minimum Gasteiger partial charge on any atom is -0.453 e. The lowest BCUT2D eigenvalue weighted by atomic mass is 10.0. The van der Waals surface area contributed by atoms with Crippen molar-refractivity contribution in [2.75, 3.05) is 12.9 Å². The monoisotopic (exact) mass is 281 g/mol. The van der Waals surface area contributed by atoms with Crippen LogP contribution in [0, 0.1) is 0 Å². The molecule has 4 nitrogen and oxygen atoms in total. The summed E-state index contributed by atoms with van der Waals surface area (Å²) in [5.74, 6) is 0.197. The highest BCUT2D eigenvalue weighted by atomic mass is 32.1. The second-order valence-electron chi connectivity index (χ2n) is 4.26. The first-order chi connectivity index (χ1) is 9.15. The molecule has 1 aromatic carbocycles. The number of methoxy groups -OCH3 is 1. The first kappa shape index (κ1) is 15.6. The highest BCUT2D eigenvalue weighted by Gasteiger charge is 2.15. The zero-order valence-electron chi connectivity index (χ0n) is 11.0. The molecule has 19 heavy (non-hydrogen) atoms. The number of carbonyl (C=O) groups is 2. The number of alkyl carbamates (subject to hydrolysis) is 1. The first-order valence-corrected chi connectivity index (χ1v) is 6.80. The van der Waals surface area contributed by atoms with E-state index in [1.807, 2.05) is 30.3 Å². The van der Waals surface area contributed by atoms with Crippen molar-refractivity contribution in [3.05, 3.63) is 35.9 Å². The van der Waals surface area contributed by atoms with Crippen LogP contribution in [0.5, 0.6) is 0 Å². The minimum atomic E-state index is -0.509. The van der Waals surface area contributed by atoms with Gasteiger partial charge in [0, 0.05) is 18.2 Å². The van der Waals surface area contributed by atoms with E-state index in [4.69, 9.17) is 0 Å². The smallest absolute Gasteiger partial charge is 0.407 e. The van der Waals surface area contributed by atoms with Gasteiger partial charge in [0.05, 0.1) is 7.11 Å². The molecule has 0 radical (unpaired) electrons. The summed E-state index contributed by atoms with van der Waals surface area (Å²) in [5, 5.41) is 2.69. The molecular weight excluding hydrogens is 262 g/mol. The lowest BCUT2D eigenvalue weighted by Gasteiger charge is -2.17. The molecule has 0 spiro atoms. The molecular formula is C14H19NO3S. The maximum atomic E-state index is 11.4. The molecule has 1 amide bonds. The van der Waals surface area contributed by atoms with E-state index in [1.165, 1.54) is 12.7 Å². The van der Waals surface area contributed by atoms with Gasteiger partial charge in [0.15, 0.2) is 0 Å². The highest BCUT2D eigenvalue weighted by Crippen LogP contribution is 2.08. The number of carbonyl (C=O) groups excluding carboxylic acids is 2. The number of benzene rings is 1. The summed E-state index contributed by atoms with van der Waals surface area (Å²) >= 11 is 3.95. The SMILES string of the molecule is COC(=O)NC(CCc1ccccc1)CC(=O)CS. The Labute approximate surface area is 118 Å². The molecule has 0 fully saturated rings. The van der Waals surface area contributed by atoms with Gasteiger partial charge in [-0.25, -0.2) is 4.79 Å². The summed E-state index contributed by atoms with van der Waals surface area (Å²) < 4.78 is 4.57. The number of hydrogen-bond acceptors (Lipinski definition) is 4. The van der Waals surface area contributed by atoms with Crippen LogP contribution in [0.2, 0.25) is 0 Å². The number of hydrogen-bond donors (Lipinski definition) is 2. The lowest BCUT2D eigenvalue weighted by molar-refractivity contribution is -0.117. The molecule has 0 aromatic heterocycles. The van der Waals surface area contributed by atoms with E-state index < -0.39 is 6.09 Å². The second kappa shape index (κ2) is 8.58. The van der Waals surface area contributed by atoms with Crippen LogP contribution in [0.25, 0.3) is 0 Å². The zero-order valence-corrected chi connectivity index (χ0v) is 11.9. The van der Waals surface area contributed by atoms with E-state index in [2.05, 4.69) is 22.7 Å². The van der Waals surface area contributed by atoms with E-state index >= 15 is 0 Å². The van der Waals surface area contributed by atoms with Gasteiger partial charge in [-0.15, -0.1) is 0 Å². The Balaban J connectivity index is 2.53. The Morgan fingerprint density at radius 2 is 2.00 bits per heavy atom. The Hall–Kier alpha value is -1.49. The van der Waals surface area contributed by atoms with Crippen molar-refractivity contribution in [1.82, 2.24) is 5.32 Å². The van der Waals surface area contributed by atoms with Crippen molar-refractivity contribution in [3.8, 4) is 0 Å². The summed E-state index contributed by atoms with van der Waals surface area (Å²) in [5.41, 5.74) is 1.18. The fourth-order valence-electron chi connectivity index (χ4n) is 1.78. The van der Waals surface area contributed by atoms with Gasteiger partial charge in [0.25, 0.3) is 0 Å². The molecule has 1 atom stereocenters. The third-order valence-corrected chi connectivity index (χ3v) is 3.13. The average molecular weight is 281 g/mol. The van der Waals surface area contributed by atoms with Crippen LogP contribution >= 0.6 is 12.6 Å². The van der Waals surface area contributed by atoms with E-state index in [-0.39, 0.29) is 24.0 Å². The normalized spacial score (nSPS) is 11.7. The van der Waals surface area contributed by atoms with Crippen molar-refractivity contribution in [1.29, 1.82) is 0 Å². The molecule has 0 aliphatic rings. The van der Waals surface area contributed by atoms with E-state index in [9.17, 15) is 9.59 Å². The molecule has 0 saturated heterocycles. The molecule has 0 bridgehead atoms. The van der Waals surface area contributed by atoms with Crippen molar-refractivity contribution in [3.63, 3.8) is 0 Å².